The van der Waals surface area contributed by atoms with E-state index in [4.69, 9.17) is 4.74 Å². The van der Waals surface area contributed by atoms with Crippen molar-refractivity contribution < 1.29 is 13.9 Å². The Hall–Kier alpha value is -1.64. The highest BCUT2D eigenvalue weighted by molar-refractivity contribution is 5.87. The van der Waals surface area contributed by atoms with Crippen molar-refractivity contribution in [2.45, 2.75) is 26.4 Å². The van der Waals surface area contributed by atoms with E-state index in [0.29, 0.717) is 0 Å². The lowest BCUT2D eigenvalue weighted by atomic mass is 10.2. The first-order valence-electron chi connectivity index (χ1n) is 5.03. The molecule has 3 heteroatoms. The molecule has 0 radical (unpaired) electrons. The Morgan fingerprint density at radius 3 is 2.31 bits per heavy atom. The van der Waals surface area contributed by atoms with Crippen LogP contribution in [0.4, 0.5) is 4.39 Å². The van der Waals surface area contributed by atoms with E-state index < -0.39 is 11.6 Å². The summed E-state index contributed by atoms with van der Waals surface area (Å²) in [6.07, 6.45) is 2.92. The zero-order valence-corrected chi connectivity index (χ0v) is 9.66. The van der Waals surface area contributed by atoms with Crippen molar-refractivity contribution in [3.63, 3.8) is 0 Å². The van der Waals surface area contributed by atoms with Crippen molar-refractivity contribution in [3.05, 3.63) is 41.7 Å². The number of benzene rings is 1. The molecule has 0 heterocycles. The van der Waals surface area contributed by atoms with Crippen LogP contribution in [-0.2, 0) is 9.53 Å². The van der Waals surface area contributed by atoms with E-state index >= 15 is 0 Å². The third kappa shape index (κ3) is 4.73. The van der Waals surface area contributed by atoms with Gasteiger partial charge in [-0.3, -0.25) is 0 Å². The van der Waals surface area contributed by atoms with Gasteiger partial charge >= 0.3 is 5.97 Å². The third-order valence-corrected chi connectivity index (χ3v) is 1.69. The molecule has 1 aromatic rings. The minimum absolute atomic E-state index is 0.297. The van der Waals surface area contributed by atoms with Gasteiger partial charge in [-0.05, 0) is 44.5 Å². The second-order valence-electron chi connectivity index (χ2n) is 4.42. The fraction of sp³-hybridized carbons (Fsp3) is 0.308. The van der Waals surface area contributed by atoms with Crippen molar-refractivity contribution >= 4 is 12.0 Å². The molecule has 2 nitrogen and oxygen atoms in total. The number of carbonyl (C=O) groups excluding carboxylic acids is 1. The number of ether oxygens (including phenoxy) is 1. The second kappa shape index (κ2) is 4.92. The Bertz CT molecular complexity index is 385. The molecule has 0 bridgehead atoms. The van der Waals surface area contributed by atoms with Gasteiger partial charge in [-0.15, -0.1) is 0 Å². The molecule has 86 valence electrons. The zero-order chi connectivity index (χ0) is 12.2. The maximum absolute atomic E-state index is 12.6. The van der Waals surface area contributed by atoms with Gasteiger partial charge in [0.15, 0.2) is 0 Å². The molecule has 1 rings (SSSR count). The summed E-state index contributed by atoms with van der Waals surface area (Å²) < 4.78 is 17.7. The van der Waals surface area contributed by atoms with Crippen LogP contribution in [0.15, 0.2) is 30.3 Å². The summed E-state index contributed by atoms with van der Waals surface area (Å²) in [6, 6.07) is 5.87. The number of hydrogen-bond donors (Lipinski definition) is 0. The van der Waals surface area contributed by atoms with Crippen molar-refractivity contribution in [1.29, 1.82) is 0 Å². The smallest absolute Gasteiger partial charge is 0.331 e. The van der Waals surface area contributed by atoms with Crippen LogP contribution in [0, 0.1) is 5.82 Å². The molecule has 0 aliphatic heterocycles. The lowest BCUT2D eigenvalue weighted by Gasteiger charge is -2.17. The number of hydrogen-bond acceptors (Lipinski definition) is 2. The number of rotatable bonds is 2. The van der Waals surface area contributed by atoms with Gasteiger partial charge in [0.1, 0.15) is 11.4 Å². The molecule has 0 atom stereocenters. The van der Waals surface area contributed by atoms with Gasteiger partial charge in [-0.25, -0.2) is 9.18 Å². The van der Waals surface area contributed by atoms with Gasteiger partial charge in [0.2, 0.25) is 0 Å². The van der Waals surface area contributed by atoms with Gasteiger partial charge in [0, 0.05) is 6.08 Å². The standard InChI is InChI=1S/C13H15FO2/c1-13(2,3)16-12(15)9-6-10-4-7-11(14)8-5-10/h4-9H,1-3H3. The monoisotopic (exact) mass is 222 g/mol. The number of carbonyl (C=O) groups is 1. The van der Waals surface area contributed by atoms with Crippen LogP contribution in [0.3, 0.4) is 0 Å². The molecule has 0 aliphatic rings. The second-order valence-corrected chi connectivity index (χ2v) is 4.42. The first kappa shape index (κ1) is 12.4. The maximum atomic E-state index is 12.6. The van der Waals surface area contributed by atoms with Crippen LogP contribution >= 0.6 is 0 Å². The lowest BCUT2D eigenvalue weighted by Crippen LogP contribution is -2.22. The van der Waals surface area contributed by atoms with E-state index in [1.807, 2.05) is 0 Å². The Kier molecular flexibility index (Phi) is 3.82. The normalized spacial score (nSPS) is 11.8. The molecule has 1 aromatic carbocycles. The van der Waals surface area contributed by atoms with Crippen LogP contribution in [0.1, 0.15) is 26.3 Å². The van der Waals surface area contributed by atoms with Gasteiger partial charge in [0.25, 0.3) is 0 Å². The molecule has 0 unspecified atom stereocenters. The quantitative estimate of drug-likeness (QED) is 0.567. The average molecular weight is 222 g/mol. The summed E-state index contributed by atoms with van der Waals surface area (Å²) in [5, 5.41) is 0. The molecule has 0 aromatic heterocycles. The highest BCUT2D eigenvalue weighted by Crippen LogP contribution is 2.09. The predicted molar refractivity (Wildman–Crippen MR) is 61.3 cm³/mol. The van der Waals surface area contributed by atoms with Crippen molar-refractivity contribution in [1.82, 2.24) is 0 Å². The first-order valence-corrected chi connectivity index (χ1v) is 5.03. The molecule has 16 heavy (non-hydrogen) atoms. The topological polar surface area (TPSA) is 26.3 Å². The molecule has 0 amide bonds. The fourth-order valence-electron chi connectivity index (χ4n) is 1.07. The van der Waals surface area contributed by atoms with E-state index in [2.05, 4.69) is 0 Å². The molecule has 0 fully saturated rings. The van der Waals surface area contributed by atoms with Gasteiger partial charge < -0.3 is 4.74 Å². The van der Waals surface area contributed by atoms with Crippen molar-refractivity contribution in [2.75, 3.05) is 0 Å². The van der Waals surface area contributed by atoms with E-state index in [0.717, 1.165) is 5.56 Å². The summed E-state index contributed by atoms with van der Waals surface area (Å²) >= 11 is 0. The molecule has 0 saturated carbocycles. The molecule has 0 N–H and O–H groups in total. The molecular weight excluding hydrogens is 207 g/mol. The van der Waals surface area contributed by atoms with Crippen LogP contribution in [0.5, 0.6) is 0 Å². The largest absolute Gasteiger partial charge is 0.457 e. The van der Waals surface area contributed by atoms with E-state index in [-0.39, 0.29) is 5.82 Å². The van der Waals surface area contributed by atoms with E-state index in [9.17, 15) is 9.18 Å². The summed E-state index contributed by atoms with van der Waals surface area (Å²) in [6.45, 7) is 5.41. The van der Waals surface area contributed by atoms with Crippen LogP contribution in [-0.4, -0.2) is 11.6 Å². The summed E-state index contributed by atoms with van der Waals surface area (Å²) in [5.41, 5.74) is 0.261. The summed E-state index contributed by atoms with van der Waals surface area (Å²) in [4.78, 5) is 11.3. The average Bonchev–Trinajstić information content (AvgIpc) is 2.14. The summed E-state index contributed by atoms with van der Waals surface area (Å²) in [5.74, 6) is -0.703. The molecule has 0 saturated heterocycles. The van der Waals surface area contributed by atoms with Gasteiger partial charge in [0.05, 0.1) is 0 Å². The van der Waals surface area contributed by atoms with Gasteiger partial charge in [-0.1, -0.05) is 12.1 Å². The first-order chi connectivity index (χ1) is 7.37. The SMILES string of the molecule is CC(C)(C)OC(=O)C=Cc1ccc(F)cc1. The molecular formula is C13H15FO2. The highest BCUT2D eigenvalue weighted by Gasteiger charge is 2.13. The van der Waals surface area contributed by atoms with Crippen molar-refractivity contribution in [2.24, 2.45) is 0 Å². The Morgan fingerprint density at radius 2 is 1.81 bits per heavy atom. The molecule has 0 aliphatic carbocycles. The third-order valence-electron chi connectivity index (χ3n) is 1.69. The highest BCUT2D eigenvalue weighted by atomic mass is 19.1. The van der Waals surface area contributed by atoms with Crippen LogP contribution in [0.2, 0.25) is 0 Å². The lowest BCUT2D eigenvalue weighted by molar-refractivity contribution is -0.148. The summed E-state index contributed by atoms with van der Waals surface area (Å²) in [7, 11) is 0. The van der Waals surface area contributed by atoms with Crippen LogP contribution in [0.25, 0.3) is 6.08 Å². The minimum Gasteiger partial charge on any atom is -0.457 e. The van der Waals surface area contributed by atoms with E-state index in [1.165, 1.54) is 18.2 Å². The molecule has 0 spiro atoms. The van der Waals surface area contributed by atoms with Crippen molar-refractivity contribution in [3.8, 4) is 0 Å². The number of esters is 1. The Morgan fingerprint density at radius 1 is 1.25 bits per heavy atom. The fourth-order valence-corrected chi connectivity index (χ4v) is 1.07. The maximum Gasteiger partial charge on any atom is 0.331 e. The Balaban J connectivity index is 2.60. The number of halogens is 1. The van der Waals surface area contributed by atoms with Gasteiger partial charge in [-0.2, -0.15) is 0 Å². The van der Waals surface area contributed by atoms with Crippen LogP contribution < -0.4 is 0 Å². The Labute approximate surface area is 94.7 Å². The minimum atomic E-state index is -0.496. The zero-order valence-electron chi connectivity index (χ0n) is 9.66. The predicted octanol–water partition coefficient (Wildman–Crippen LogP) is 3.18. The van der Waals surface area contributed by atoms with E-state index in [1.54, 1.807) is 39.0 Å².